The van der Waals surface area contributed by atoms with Crippen molar-refractivity contribution in [2.24, 2.45) is 0 Å². The lowest BCUT2D eigenvalue weighted by molar-refractivity contribution is -0.128. The minimum Gasteiger partial charge on any atom is -0.503 e. The quantitative estimate of drug-likeness (QED) is 0.378. The first-order chi connectivity index (χ1) is 16.3. The van der Waals surface area contributed by atoms with Crippen LogP contribution in [0, 0.1) is 5.82 Å². The van der Waals surface area contributed by atoms with Gasteiger partial charge in [0.1, 0.15) is 5.82 Å². The van der Waals surface area contributed by atoms with Gasteiger partial charge in [0.2, 0.25) is 11.8 Å². The Morgan fingerprint density at radius 1 is 1.18 bits per heavy atom. The van der Waals surface area contributed by atoms with Crippen LogP contribution in [0.4, 0.5) is 4.39 Å². The van der Waals surface area contributed by atoms with E-state index < -0.39 is 29.3 Å². The number of hydrogen-bond donors (Lipinski definition) is 2. The maximum absolute atomic E-state index is 13.7. The van der Waals surface area contributed by atoms with Crippen molar-refractivity contribution in [3.63, 3.8) is 0 Å². The zero-order chi connectivity index (χ0) is 24.1. The van der Waals surface area contributed by atoms with Crippen LogP contribution in [-0.2, 0) is 4.79 Å². The number of aromatic hydroxyl groups is 2. The second-order valence-corrected chi connectivity index (χ2v) is 9.53. The Morgan fingerprint density at radius 3 is 2.62 bits per heavy atom. The summed E-state index contributed by atoms with van der Waals surface area (Å²) < 4.78 is 15.7. The van der Waals surface area contributed by atoms with Crippen LogP contribution in [0.5, 0.6) is 11.6 Å². The molecule has 4 aromatic rings. The number of halogens is 2. The van der Waals surface area contributed by atoms with Crippen molar-refractivity contribution in [1.82, 2.24) is 14.5 Å². The summed E-state index contributed by atoms with van der Waals surface area (Å²) in [5.41, 5.74) is 1.04. The normalized spacial score (nSPS) is 15.9. The van der Waals surface area contributed by atoms with E-state index in [0.717, 1.165) is 4.70 Å². The zero-order valence-corrected chi connectivity index (χ0v) is 19.5. The Kier molecular flexibility index (Phi) is 5.53. The molecule has 2 aromatic carbocycles. The summed E-state index contributed by atoms with van der Waals surface area (Å²) in [5, 5.41) is 22.7. The van der Waals surface area contributed by atoms with Gasteiger partial charge in [0, 0.05) is 18.5 Å². The number of Topliss-reactive ketones (excluding diaryl/α,β-unsaturated/α-hetero) is 1. The van der Waals surface area contributed by atoms with E-state index in [4.69, 9.17) is 11.6 Å². The van der Waals surface area contributed by atoms with E-state index in [1.165, 1.54) is 52.0 Å². The Morgan fingerprint density at radius 2 is 1.91 bits per heavy atom. The lowest BCUT2D eigenvalue weighted by Gasteiger charge is -2.22. The molecule has 1 aliphatic heterocycles. The highest BCUT2D eigenvalue weighted by atomic mass is 35.5. The van der Waals surface area contributed by atoms with Gasteiger partial charge >= 0.3 is 0 Å². The third-order valence-electron chi connectivity index (χ3n) is 5.98. The van der Waals surface area contributed by atoms with E-state index >= 15 is 0 Å². The summed E-state index contributed by atoms with van der Waals surface area (Å²) >= 11 is 7.31. The van der Waals surface area contributed by atoms with Gasteiger partial charge in [0.05, 0.1) is 27.5 Å². The minimum atomic E-state index is -0.771. The van der Waals surface area contributed by atoms with Gasteiger partial charge in [-0.2, -0.15) is 0 Å². The van der Waals surface area contributed by atoms with Crippen molar-refractivity contribution in [3.05, 3.63) is 58.9 Å². The SMILES string of the molecule is CC(=O)N1CCCC1C(=O)c1c(O)c(O)n(-c2nc3ccc(Cl)cc3s2)c1-c1ccc(F)cc1. The summed E-state index contributed by atoms with van der Waals surface area (Å²) in [6.07, 6.45) is 1.08. The van der Waals surface area contributed by atoms with Gasteiger partial charge in [-0.3, -0.25) is 14.2 Å². The molecule has 1 unspecified atom stereocenters. The highest BCUT2D eigenvalue weighted by molar-refractivity contribution is 7.20. The molecule has 7 nitrogen and oxygen atoms in total. The second-order valence-electron chi connectivity index (χ2n) is 8.08. The van der Waals surface area contributed by atoms with Gasteiger partial charge in [-0.25, -0.2) is 9.37 Å². The number of amides is 1. The maximum atomic E-state index is 13.7. The van der Waals surface area contributed by atoms with Crippen LogP contribution in [-0.4, -0.2) is 48.9 Å². The van der Waals surface area contributed by atoms with Gasteiger partial charge in [0.25, 0.3) is 0 Å². The van der Waals surface area contributed by atoms with Crippen LogP contribution >= 0.6 is 22.9 Å². The zero-order valence-electron chi connectivity index (χ0n) is 18.0. The lowest BCUT2D eigenvalue weighted by Crippen LogP contribution is -2.39. The molecule has 2 aromatic heterocycles. The highest BCUT2D eigenvalue weighted by Gasteiger charge is 2.39. The highest BCUT2D eigenvalue weighted by Crippen LogP contribution is 2.45. The Hall–Kier alpha value is -3.43. The fourth-order valence-corrected chi connectivity index (χ4v) is 5.66. The van der Waals surface area contributed by atoms with E-state index in [-0.39, 0.29) is 17.2 Å². The number of likely N-dealkylation sites (tertiary alicyclic amines) is 1. The molecule has 1 amide bonds. The summed E-state index contributed by atoms with van der Waals surface area (Å²) in [6.45, 7) is 1.82. The van der Waals surface area contributed by atoms with E-state index in [1.807, 2.05) is 0 Å². The molecule has 0 bridgehead atoms. The number of ketones is 1. The van der Waals surface area contributed by atoms with Gasteiger partial charge in [0.15, 0.2) is 16.7 Å². The molecule has 1 aliphatic rings. The third kappa shape index (κ3) is 3.61. The van der Waals surface area contributed by atoms with Crippen LogP contribution < -0.4 is 0 Å². The van der Waals surface area contributed by atoms with Gasteiger partial charge < -0.3 is 15.1 Å². The number of carbonyl (C=O) groups excluding carboxylic acids is 2. The van der Waals surface area contributed by atoms with Crippen molar-refractivity contribution in [2.75, 3.05) is 6.54 Å². The van der Waals surface area contributed by atoms with Crippen molar-refractivity contribution < 1.29 is 24.2 Å². The second kappa shape index (κ2) is 8.41. The Labute approximate surface area is 202 Å². The molecule has 174 valence electrons. The molecule has 10 heteroatoms. The number of rotatable bonds is 4. The first-order valence-electron chi connectivity index (χ1n) is 10.6. The molecule has 1 saturated heterocycles. The minimum absolute atomic E-state index is 0.139. The summed E-state index contributed by atoms with van der Waals surface area (Å²) in [4.78, 5) is 31.8. The predicted molar refractivity (Wildman–Crippen MR) is 127 cm³/mol. The number of nitrogens with zero attached hydrogens (tertiary/aromatic N) is 3. The molecular weight excluding hydrogens is 481 g/mol. The molecule has 0 aliphatic carbocycles. The Bertz CT molecular complexity index is 1450. The molecule has 0 spiro atoms. The van der Waals surface area contributed by atoms with Crippen LogP contribution in [0.3, 0.4) is 0 Å². The van der Waals surface area contributed by atoms with Gasteiger partial charge in [-0.15, -0.1) is 0 Å². The van der Waals surface area contributed by atoms with E-state index in [1.54, 1.807) is 18.2 Å². The summed E-state index contributed by atoms with van der Waals surface area (Å²) in [6, 6.07) is 9.74. The van der Waals surface area contributed by atoms with Crippen molar-refractivity contribution in [1.29, 1.82) is 0 Å². The van der Waals surface area contributed by atoms with Crippen molar-refractivity contribution in [3.8, 4) is 28.0 Å². The molecule has 1 fully saturated rings. The van der Waals surface area contributed by atoms with Crippen LogP contribution in [0.2, 0.25) is 5.02 Å². The molecule has 3 heterocycles. The molecule has 2 N–H and O–H groups in total. The van der Waals surface area contributed by atoms with Crippen LogP contribution in [0.25, 0.3) is 26.6 Å². The predicted octanol–water partition coefficient (Wildman–Crippen LogP) is 5.15. The third-order valence-corrected chi connectivity index (χ3v) is 7.21. The van der Waals surface area contributed by atoms with E-state index in [2.05, 4.69) is 4.98 Å². The smallest absolute Gasteiger partial charge is 0.242 e. The number of benzene rings is 2. The lowest BCUT2D eigenvalue weighted by atomic mass is 9.98. The molecule has 34 heavy (non-hydrogen) atoms. The van der Waals surface area contributed by atoms with Crippen molar-refractivity contribution >= 4 is 44.8 Å². The summed E-state index contributed by atoms with van der Waals surface area (Å²) in [7, 11) is 0. The fraction of sp³-hybridized carbons (Fsp3) is 0.208. The standard InChI is InChI=1S/C24H19ClFN3O4S/c1-12(30)28-10-2-3-17(28)21(31)19-20(13-4-7-15(26)8-5-13)29(23(33)22(19)32)24-27-16-9-6-14(25)11-18(16)34-24/h4-9,11,17,32-33H,2-3,10H2,1H3. The number of aromatic nitrogens is 2. The largest absolute Gasteiger partial charge is 0.503 e. The number of thiazole rings is 1. The number of carbonyl (C=O) groups is 2. The van der Waals surface area contributed by atoms with E-state index in [0.29, 0.717) is 40.6 Å². The van der Waals surface area contributed by atoms with Crippen LogP contribution in [0.1, 0.15) is 30.1 Å². The average molecular weight is 500 g/mol. The number of hydrogen-bond acceptors (Lipinski definition) is 6. The number of fused-ring (bicyclic) bond motifs is 1. The first-order valence-corrected chi connectivity index (χ1v) is 11.8. The topological polar surface area (TPSA) is 95.7 Å². The monoisotopic (exact) mass is 499 g/mol. The molecule has 1 atom stereocenters. The molecule has 0 saturated carbocycles. The van der Waals surface area contributed by atoms with E-state index in [9.17, 15) is 24.2 Å². The fourth-order valence-electron chi connectivity index (χ4n) is 4.41. The molecule has 5 rings (SSSR count). The van der Waals surface area contributed by atoms with Crippen molar-refractivity contribution in [2.45, 2.75) is 25.8 Å². The molecule has 0 radical (unpaired) electrons. The maximum Gasteiger partial charge on any atom is 0.242 e. The molecular formula is C24H19ClFN3O4S. The Balaban J connectivity index is 1.76. The van der Waals surface area contributed by atoms with Gasteiger partial charge in [-0.1, -0.05) is 22.9 Å². The first kappa shape index (κ1) is 22.4. The summed E-state index contributed by atoms with van der Waals surface area (Å²) in [5.74, 6) is -2.40. The average Bonchev–Trinajstić information content (AvgIpc) is 3.50. The van der Waals surface area contributed by atoms with Crippen LogP contribution in [0.15, 0.2) is 42.5 Å². The van der Waals surface area contributed by atoms with Gasteiger partial charge in [-0.05, 0) is 60.9 Å².